The molecule has 0 aliphatic carbocycles. The number of thioether (sulfide) groups is 1. The normalized spacial score (nSPS) is 12.1. The predicted octanol–water partition coefficient (Wildman–Crippen LogP) is 6.44. The number of hydrogen-bond acceptors (Lipinski definition) is 5. The molecule has 0 spiro atoms. The Morgan fingerprint density at radius 1 is 0.971 bits per heavy atom. The van der Waals surface area contributed by atoms with Gasteiger partial charge in [0.1, 0.15) is 23.9 Å². The molecule has 1 N–H and O–H groups in total. The van der Waals surface area contributed by atoms with Crippen molar-refractivity contribution in [1.29, 1.82) is 0 Å². The van der Waals surface area contributed by atoms with Gasteiger partial charge in [-0.1, -0.05) is 24.3 Å². The maximum atomic E-state index is 12.6. The van der Waals surface area contributed by atoms with Gasteiger partial charge in [-0.3, -0.25) is 0 Å². The molecule has 0 radical (unpaired) electrons. The molecule has 1 unspecified atom stereocenters. The third-order valence-electron chi connectivity index (χ3n) is 4.80. The molecule has 1 atom stereocenters. The van der Waals surface area contributed by atoms with Gasteiger partial charge in [-0.15, -0.1) is 11.8 Å². The maximum Gasteiger partial charge on any atom is 0.416 e. The largest absolute Gasteiger partial charge is 0.495 e. The van der Waals surface area contributed by atoms with Gasteiger partial charge in [0.05, 0.1) is 12.7 Å². The van der Waals surface area contributed by atoms with E-state index >= 15 is 0 Å². The maximum absolute atomic E-state index is 12.6. The Bertz CT molecular complexity index is 1100. The number of hydrogen-bond donors (Lipinski definition) is 1. The van der Waals surface area contributed by atoms with E-state index in [1.54, 1.807) is 36.0 Å². The quantitative estimate of drug-likeness (QED) is 0.329. The highest BCUT2D eigenvalue weighted by molar-refractivity contribution is 7.98. The van der Waals surface area contributed by atoms with Crippen LogP contribution in [-0.2, 0) is 23.3 Å². The lowest BCUT2D eigenvalue weighted by atomic mass is 10.1. The van der Waals surface area contributed by atoms with Crippen molar-refractivity contribution in [1.82, 2.24) is 0 Å². The number of aliphatic carboxylic acids is 1. The van der Waals surface area contributed by atoms with Crippen molar-refractivity contribution in [3.05, 3.63) is 83.4 Å². The van der Waals surface area contributed by atoms with Crippen molar-refractivity contribution in [2.45, 2.75) is 36.5 Å². The molecule has 0 aliphatic rings. The highest BCUT2D eigenvalue weighted by Gasteiger charge is 2.29. The first-order chi connectivity index (χ1) is 16.2. The summed E-state index contributed by atoms with van der Waals surface area (Å²) in [7, 11) is 1.53. The molecule has 0 amide bonds. The van der Waals surface area contributed by atoms with Crippen LogP contribution < -0.4 is 14.2 Å². The summed E-state index contributed by atoms with van der Waals surface area (Å²) < 4.78 is 54.4. The van der Waals surface area contributed by atoms with Crippen LogP contribution >= 0.6 is 11.8 Å². The van der Waals surface area contributed by atoms with Gasteiger partial charge in [0, 0.05) is 16.7 Å². The summed E-state index contributed by atoms with van der Waals surface area (Å²) in [4.78, 5) is 11.8. The minimum atomic E-state index is -4.36. The molecule has 180 valence electrons. The van der Waals surface area contributed by atoms with E-state index in [2.05, 4.69) is 0 Å². The summed E-state index contributed by atoms with van der Waals surface area (Å²) in [5.41, 5.74) is 0.991. The van der Waals surface area contributed by atoms with E-state index in [0.717, 1.165) is 22.6 Å². The number of methoxy groups -OCH3 is 1. The van der Waals surface area contributed by atoms with Crippen LogP contribution in [0.2, 0.25) is 0 Å². The number of rotatable bonds is 10. The van der Waals surface area contributed by atoms with Gasteiger partial charge >= 0.3 is 12.1 Å². The second-order valence-corrected chi connectivity index (χ2v) is 8.34. The molecule has 34 heavy (non-hydrogen) atoms. The first-order valence-electron chi connectivity index (χ1n) is 10.2. The zero-order valence-electron chi connectivity index (χ0n) is 18.5. The fourth-order valence-corrected chi connectivity index (χ4v) is 3.86. The lowest BCUT2D eigenvalue weighted by molar-refractivity contribution is -0.144. The van der Waals surface area contributed by atoms with Crippen LogP contribution in [0.1, 0.15) is 23.6 Å². The fourth-order valence-electron chi connectivity index (χ4n) is 2.89. The molecule has 0 heterocycles. The number of carbonyl (C=O) groups is 1. The molecule has 0 aliphatic heterocycles. The smallest absolute Gasteiger partial charge is 0.416 e. The Morgan fingerprint density at radius 2 is 1.59 bits per heavy atom. The van der Waals surface area contributed by atoms with Gasteiger partial charge in [-0.2, -0.15) is 13.2 Å². The summed E-state index contributed by atoms with van der Waals surface area (Å²) in [5, 5.41) is 8.98. The first kappa shape index (κ1) is 25.3. The van der Waals surface area contributed by atoms with Gasteiger partial charge in [-0.05, 0) is 54.4 Å². The van der Waals surface area contributed by atoms with Crippen LogP contribution in [0.25, 0.3) is 0 Å². The van der Waals surface area contributed by atoms with Crippen molar-refractivity contribution < 1.29 is 37.3 Å². The Morgan fingerprint density at radius 3 is 2.18 bits per heavy atom. The highest BCUT2D eigenvalue weighted by Crippen LogP contribution is 2.35. The number of alkyl halides is 3. The zero-order chi connectivity index (χ0) is 24.7. The average Bonchev–Trinajstić information content (AvgIpc) is 2.82. The number of benzene rings is 3. The van der Waals surface area contributed by atoms with Crippen LogP contribution in [0.4, 0.5) is 13.2 Å². The fraction of sp³-hybridized carbons (Fsp3) is 0.240. The van der Waals surface area contributed by atoms with Gasteiger partial charge in [0.2, 0.25) is 0 Å². The van der Waals surface area contributed by atoms with Crippen LogP contribution in [-0.4, -0.2) is 24.3 Å². The standard InChI is InChI=1S/C25H23F3O5S/c1-16(24(29)30)33-21-11-12-23(22(13-21)31-2)34-15-18-5-9-20(10-6-18)32-14-17-3-7-19(8-4-17)25(26,27)28/h3-13,16H,14-15H2,1-2H3,(H,29,30). The summed E-state index contributed by atoms with van der Waals surface area (Å²) in [5.74, 6) is 1.20. The van der Waals surface area contributed by atoms with E-state index in [-0.39, 0.29) is 6.61 Å². The Balaban J connectivity index is 1.54. The van der Waals surface area contributed by atoms with Crippen LogP contribution in [0.5, 0.6) is 17.2 Å². The van der Waals surface area contributed by atoms with Crippen LogP contribution in [0.15, 0.2) is 71.6 Å². The molecule has 0 saturated carbocycles. The summed E-state index contributed by atoms with van der Waals surface area (Å²) in [6, 6.07) is 17.5. The lowest BCUT2D eigenvalue weighted by Crippen LogP contribution is -2.22. The molecule has 9 heteroatoms. The van der Waals surface area contributed by atoms with Crippen LogP contribution in [0, 0.1) is 0 Å². The van der Waals surface area contributed by atoms with Gasteiger partial charge in [-0.25, -0.2) is 4.79 Å². The van der Waals surface area contributed by atoms with Gasteiger partial charge in [0.25, 0.3) is 0 Å². The topological polar surface area (TPSA) is 65.0 Å². The second-order valence-electron chi connectivity index (χ2n) is 7.33. The SMILES string of the molecule is COc1cc(OC(C)C(=O)O)ccc1SCc1ccc(OCc2ccc(C(F)(F)F)cc2)cc1. The monoisotopic (exact) mass is 492 g/mol. The minimum absolute atomic E-state index is 0.165. The van der Waals surface area contributed by atoms with E-state index < -0.39 is 23.8 Å². The molecule has 3 rings (SSSR count). The molecule has 3 aromatic rings. The average molecular weight is 493 g/mol. The number of carboxylic acid groups (broad SMARTS) is 1. The molecular formula is C25H23F3O5S. The lowest BCUT2D eigenvalue weighted by Gasteiger charge is -2.14. The highest BCUT2D eigenvalue weighted by atomic mass is 32.2. The number of carboxylic acids is 1. The molecular weight excluding hydrogens is 469 g/mol. The van der Waals surface area contributed by atoms with Crippen LogP contribution in [0.3, 0.4) is 0 Å². The number of halogens is 3. The molecule has 5 nitrogen and oxygen atoms in total. The zero-order valence-corrected chi connectivity index (χ0v) is 19.3. The predicted molar refractivity (Wildman–Crippen MR) is 122 cm³/mol. The summed E-state index contributed by atoms with van der Waals surface area (Å²) in [6.07, 6.45) is -5.32. The summed E-state index contributed by atoms with van der Waals surface area (Å²) in [6.45, 7) is 1.62. The van der Waals surface area contributed by atoms with E-state index in [4.69, 9.17) is 19.3 Å². The Kier molecular flexibility index (Phi) is 8.33. The van der Waals surface area contributed by atoms with Crippen molar-refractivity contribution in [2.75, 3.05) is 7.11 Å². The van der Waals surface area contributed by atoms with E-state index in [9.17, 15) is 18.0 Å². The Hall–Kier alpha value is -3.33. The first-order valence-corrected chi connectivity index (χ1v) is 11.2. The van der Waals surface area contributed by atoms with Crippen molar-refractivity contribution in [3.63, 3.8) is 0 Å². The molecule has 0 aromatic heterocycles. The van der Waals surface area contributed by atoms with Gasteiger partial charge in [0.15, 0.2) is 6.10 Å². The van der Waals surface area contributed by atoms with E-state index in [1.165, 1.54) is 26.2 Å². The molecule has 0 saturated heterocycles. The minimum Gasteiger partial charge on any atom is -0.495 e. The second kappa shape index (κ2) is 11.2. The molecule has 0 bridgehead atoms. The third kappa shape index (κ3) is 7.08. The van der Waals surface area contributed by atoms with E-state index in [1.807, 2.05) is 18.2 Å². The third-order valence-corrected chi connectivity index (χ3v) is 5.93. The number of ether oxygens (including phenoxy) is 3. The molecule has 0 fully saturated rings. The van der Waals surface area contributed by atoms with Crippen molar-refractivity contribution >= 4 is 17.7 Å². The van der Waals surface area contributed by atoms with Gasteiger partial charge < -0.3 is 19.3 Å². The summed E-state index contributed by atoms with van der Waals surface area (Å²) >= 11 is 1.55. The van der Waals surface area contributed by atoms with Crippen molar-refractivity contribution in [3.8, 4) is 17.2 Å². The Labute approximate surface area is 199 Å². The van der Waals surface area contributed by atoms with E-state index in [0.29, 0.717) is 28.6 Å². The molecule has 3 aromatic carbocycles. The van der Waals surface area contributed by atoms with Crippen molar-refractivity contribution in [2.24, 2.45) is 0 Å².